The normalized spacial score (nSPS) is 11.3. The number of ether oxygens (including phenoxy) is 6. The first-order valence-electron chi connectivity index (χ1n) is 36.0. The SMILES string of the molecule is C=C(C)C(=O)OCCN(C(=O)NCCCCCCNC(=O)N(CCCCCCNC(=O)N(CCOC(=O)C(=C)C)C(C)(C)C)C(=O)OCOC(=O)N(CCCCCCNC(=O)N(CCOC(=O)C(=C)C)C(C)(C)C)C(=O)NCCCCCCNC(=O)N(CCOC(=O)C(=C)C)C(C)(C)C)C(C)(C)C. The zero-order chi connectivity index (χ0) is 78.5. The molecule has 0 bridgehead atoms. The molecular weight excluding hydrogens is 1330 g/mol. The van der Waals surface area contributed by atoms with Crippen molar-refractivity contribution in [3.05, 3.63) is 48.6 Å². The van der Waals surface area contributed by atoms with Crippen molar-refractivity contribution >= 4 is 72.3 Å². The number of amides is 14. The number of imide groups is 2. The monoisotopic (exact) mass is 1460 g/mol. The molecule has 0 saturated carbocycles. The van der Waals surface area contributed by atoms with Crippen LogP contribution >= 0.6 is 0 Å². The second-order valence-corrected chi connectivity index (χ2v) is 29.2. The molecule has 0 atom stereocenters. The minimum Gasteiger partial charge on any atom is -0.460 e. The van der Waals surface area contributed by atoms with Crippen molar-refractivity contribution < 1.29 is 86.0 Å². The van der Waals surface area contributed by atoms with Gasteiger partial charge < -0.3 is 79.9 Å². The Balaban J connectivity index is 6.12. The molecule has 103 heavy (non-hydrogen) atoms. The fourth-order valence-electron chi connectivity index (χ4n) is 9.66. The summed E-state index contributed by atoms with van der Waals surface area (Å²) in [6.07, 6.45) is 6.89. The van der Waals surface area contributed by atoms with Gasteiger partial charge in [-0.2, -0.15) is 0 Å². The van der Waals surface area contributed by atoms with Gasteiger partial charge in [-0.3, -0.25) is 0 Å². The molecule has 14 amide bonds. The summed E-state index contributed by atoms with van der Waals surface area (Å²) in [4.78, 5) is 164. The minimum absolute atomic E-state index is 0.00914. The fraction of sp³-hybridized carbons (Fsp3) is 0.726. The molecule has 0 heterocycles. The van der Waals surface area contributed by atoms with Crippen LogP contribution < -0.4 is 31.9 Å². The average Bonchev–Trinajstić information content (AvgIpc) is 0.884. The molecule has 0 spiro atoms. The van der Waals surface area contributed by atoms with Crippen molar-refractivity contribution in [2.24, 2.45) is 0 Å². The molecule has 0 aliphatic carbocycles. The zero-order valence-electron chi connectivity index (χ0n) is 65.2. The predicted molar refractivity (Wildman–Crippen MR) is 394 cm³/mol. The smallest absolute Gasteiger partial charge is 0.420 e. The molecule has 30 heteroatoms. The molecule has 0 aliphatic rings. The third-order valence-corrected chi connectivity index (χ3v) is 15.6. The van der Waals surface area contributed by atoms with E-state index in [1.807, 2.05) is 83.1 Å². The van der Waals surface area contributed by atoms with Crippen LogP contribution in [0.3, 0.4) is 0 Å². The van der Waals surface area contributed by atoms with Gasteiger partial charge in [-0.25, -0.2) is 67.3 Å². The number of nitrogens with zero attached hydrogens (tertiary/aromatic N) is 6. The Morgan fingerprint density at radius 3 is 0.631 bits per heavy atom. The summed E-state index contributed by atoms with van der Waals surface area (Å²) < 4.78 is 31.6. The van der Waals surface area contributed by atoms with Gasteiger partial charge in [0.1, 0.15) is 26.4 Å². The van der Waals surface area contributed by atoms with Crippen molar-refractivity contribution in [1.82, 2.24) is 61.3 Å². The lowest BCUT2D eigenvalue weighted by molar-refractivity contribution is -0.140. The molecule has 0 fully saturated rings. The van der Waals surface area contributed by atoms with Crippen LogP contribution in [0.1, 0.15) is 214 Å². The summed E-state index contributed by atoms with van der Waals surface area (Å²) in [6, 6.07) is -2.82. The number of esters is 4. The summed E-state index contributed by atoms with van der Waals surface area (Å²) in [5, 5.41) is 17.2. The number of urea groups is 6. The van der Waals surface area contributed by atoms with E-state index in [0.29, 0.717) is 129 Å². The van der Waals surface area contributed by atoms with Gasteiger partial charge in [-0.05, 0) is 162 Å². The van der Waals surface area contributed by atoms with Crippen LogP contribution in [0, 0.1) is 0 Å². The molecule has 0 aliphatic heterocycles. The van der Waals surface area contributed by atoms with Gasteiger partial charge in [0.2, 0.25) is 6.79 Å². The van der Waals surface area contributed by atoms with Gasteiger partial charge in [0.05, 0.1) is 26.2 Å². The van der Waals surface area contributed by atoms with E-state index in [0.717, 1.165) is 9.80 Å². The van der Waals surface area contributed by atoms with E-state index in [-0.39, 0.29) is 125 Å². The minimum atomic E-state index is -1.12. The van der Waals surface area contributed by atoms with Crippen molar-refractivity contribution in [3.63, 3.8) is 0 Å². The van der Waals surface area contributed by atoms with Gasteiger partial charge in [0.15, 0.2) is 0 Å². The Labute approximate surface area is 613 Å². The first-order valence-corrected chi connectivity index (χ1v) is 36.0. The molecule has 0 unspecified atom stereocenters. The maximum atomic E-state index is 13.8. The lowest BCUT2D eigenvalue weighted by Gasteiger charge is -2.35. The van der Waals surface area contributed by atoms with E-state index in [4.69, 9.17) is 28.4 Å². The molecular formula is C73H128N12O18. The summed E-state index contributed by atoms with van der Waals surface area (Å²) >= 11 is 0. The van der Waals surface area contributed by atoms with E-state index in [1.165, 1.54) is 13.8 Å². The third-order valence-electron chi connectivity index (χ3n) is 15.6. The number of hydrogen-bond acceptors (Lipinski definition) is 18. The Bertz CT molecular complexity index is 2590. The highest BCUT2D eigenvalue weighted by Crippen LogP contribution is 2.18. The van der Waals surface area contributed by atoms with Crippen LogP contribution in [-0.4, -0.2) is 236 Å². The lowest BCUT2D eigenvalue weighted by Crippen LogP contribution is -2.52. The van der Waals surface area contributed by atoms with Gasteiger partial charge in [0, 0.05) is 96.8 Å². The molecule has 0 radical (unpaired) electrons. The lowest BCUT2D eigenvalue weighted by atomic mass is 10.1. The molecule has 6 N–H and O–H groups in total. The van der Waals surface area contributed by atoms with Gasteiger partial charge in [0.25, 0.3) is 0 Å². The maximum absolute atomic E-state index is 13.8. The largest absolute Gasteiger partial charge is 0.460 e. The van der Waals surface area contributed by atoms with Crippen LogP contribution in [0.5, 0.6) is 0 Å². The topological polar surface area (TPSA) is 352 Å². The highest BCUT2D eigenvalue weighted by molar-refractivity contribution is 5.92. The van der Waals surface area contributed by atoms with E-state index < -0.39 is 77.1 Å². The van der Waals surface area contributed by atoms with E-state index >= 15 is 0 Å². The van der Waals surface area contributed by atoms with Crippen molar-refractivity contribution in [2.75, 3.05) is 112 Å². The van der Waals surface area contributed by atoms with E-state index in [1.54, 1.807) is 33.4 Å². The van der Waals surface area contributed by atoms with Crippen molar-refractivity contribution in [3.8, 4) is 0 Å². The molecule has 0 saturated heterocycles. The van der Waals surface area contributed by atoms with Crippen LogP contribution in [-0.2, 0) is 47.6 Å². The second-order valence-electron chi connectivity index (χ2n) is 29.2. The van der Waals surface area contributed by atoms with Crippen LogP contribution in [0.15, 0.2) is 48.6 Å². The molecule has 588 valence electrons. The van der Waals surface area contributed by atoms with E-state index in [2.05, 4.69) is 58.2 Å². The van der Waals surface area contributed by atoms with Gasteiger partial charge in [-0.1, -0.05) is 77.7 Å². The number of hydrogen-bond donors (Lipinski definition) is 6. The molecule has 0 aromatic rings. The summed E-state index contributed by atoms with van der Waals surface area (Å²) in [5.41, 5.74) is -1.27. The fourth-order valence-corrected chi connectivity index (χ4v) is 9.66. The Hall–Kier alpha value is -8.60. The molecule has 30 nitrogen and oxygen atoms in total. The number of nitrogens with one attached hydrogen (secondary N) is 6. The summed E-state index contributed by atoms with van der Waals surface area (Å²) in [7, 11) is 0. The average molecular weight is 1460 g/mol. The van der Waals surface area contributed by atoms with Gasteiger partial charge >= 0.3 is 72.3 Å². The highest BCUT2D eigenvalue weighted by Gasteiger charge is 2.32. The Kier molecular flexibility index (Phi) is 45.7. The standard InChI is InChI=1S/C73H128N12O18/c1-54(2)58(86)98-49-45-82(70(9,10)11)64(92)76-39-31-23-21-29-37-74-62(90)80(43-35-27-25-33-41-78-66(94)84(72(15,16)17)47-51-100-60(88)56(5)6)68(96)102-53-103-69(97)81(44-36-28-26-34-42-79-67(95)85(73(18,19)20)48-52-101-61(89)57(7)8)63(91)75-38-30-22-24-32-40-77-65(93)83(71(12,13)14)46-50-99-59(87)55(3)4/h1,3,5,7,21-53H2,2,4,6,8-20H3,(H,74,90)(H,75,91)(H,76,92)(H,77,93)(H,78,94)(H,79,95). The summed E-state index contributed by atoms with van der Waals surface area (Å²) in [6.45, 7) is 44.2. The van der Waals surface area contributed by atoms with Crippen LogP contribution in [0.25, 0.3) is 0 Å². The van der Waals surface area contributed by atoms with Crippen LogP contribution in [0.4, 0.5) is 38.4 Å². The highest BCUT2D eigenvalue weighted by atomic mass is 16.7. The number of unbranched alkanes of at least 4 members (excludes halogenated alkanes) is 12. The van der Waals surface area contributed by atoms with Crippen molar-refractivity contribution in [2.45, 2.75) is 236 Å². The number of carbonyl (C=O) groups excluding carboxylic acids is 12. The second kappa shape index (κ2) is 49.9. The Morgan fingerprint density at radius 1 is 0.262 bits per heavy atom. The number of carbonyl (C=O) groups is 12. The van der Waals surface area contributed by atoms with Crippen molar-refractivity contribution in [1.29, 1.82) is 0 Å². The first kappa shape index (κ1) is 94.4. The summed E-state index contributed by atoms with van der Waals surface area (Å²) in [5.74, 6) is -2.17. The van der Waals surface area contributed by atoms with Gasteiger partial charge in [-0.15, -0.1) is 0 Å². The maximum Gasteiger partial charge on any atom is 0.420 e. The van der Waals surface area contributed by atoms with E-state index in [9.17, 15) is 57.5 Å². The third kappa shape index (κ3) is 42.6. The quantitative estimate of drug-likeness (QED) is 0.0108. The number of rotatable bonds is 46. The molecule has 0 aromatic heterocycles. The zero-order valence-corrected chi connectivity index (χ0v) is 65.2. The molecule has 0 aromatic carbocycles. The Morgan fingerprint density at radius 2 is 0.447 bits per heavy atom. The van der Waals surface area contributed by atoms with Crippen LogP contribution in [0.2, 0.25) is 0 Å². The predicted octanol–water partition coefficient (Wildman–Crippen LogP) is 11.2. The molecule has 0 rings (SSSR count). The first-order chi connectivity index (χ1) is 48.1.